The Morgan fingerprint density at radius 3 is 1.89 bits per heavy atom. The molecular formula is C7H6B2. The van der Waals surface area contributed by atoms with Crippen molar-refractivity contribution in [1.82, 2.24) is 0 Å². The Bertz CT molecular complexity index is 129. The van der Waals surface area contributed by atoms with Gasteiger partial charge in [-0.25, -0.2) is 0 Å². The topological polar surface area (TPSA) is 0 Å². The van der Waals surface area contributed by atoms with Crippen molar-refractivity contribution < 1.29 is 0 Å². The van der Waals surface area contributed by atoms with E-state index < -0.39 is 0 Å². The maximum Gasteiger partial charge on any atom is 0.138 e. The van der Waals surface area contributed by atoms with Gasteiger partial charge in [0.1, 0.15) is 14.6 Å². The SMILES string of the molecule is [B]1[C][B]\C=C/C=C\C=C/1. The van der Waals surface area contributed by atoms with Crippen LogP contribution in [-0.4, -0.2) is 14.6 Å². The van der Waals surface area contributed by atoms with Crippen molar-refractivity contribution in [2.24, 2.45) is 0 Å². The zero-order chi connectivity index (χ0) is 6.36. The average Bonchev–Trinajstić information content (AvgIpc) is 2.00. The van der Waals surface area contributed by atoms with E-state index in [0.717, 1.165) is 0 Å². The van der Waals surface area contributed by atoms with Gasteiger partial charge in [0.25, 0.3) is 0 Å². The van der Waals surface area contributed by atoms with Crippen molar-refractivity contribution in [3.8, 4) is 0 Å². The number of hydrogen-bond acceptors (Lipinski definition) is 0. The Morgan fingerprint density at radius 1 is 0.778 bits per heavy atom. The molecule has 2 heteroatoms. The van der Waals surface area contributed by atoms with Crippen molar-refractivity contribution in [2.75, 3.05) is 0 Å². The molecule has 0 saturated heterocycles. The molecule has 1 rings (SSSR count). The largest absolute Gasteiger partial charge is 0.138 e. The molecule has 9 heavy (non-hydrogen) atoms. The van der Waals surface area contributed by atoms with Crippen molar-refractivity contribution in [3.63, 3.8) is 0 Å². The highest BCUT2D eigenvalue weighted by molar-refractivity contribution is 6.68. The van der Waals surface area contributed by atoms with Gasteiger partial charge in [0, 0.05) is 0 Å². The summed E-state index contributed by atoms with van der Waals surface area (Å²) in [6.45, 7) is 0. The maximum atomic E-state index is 2.96. The van der Waals surface area contributed by atoms with E-state index in [4.69, 9.17) is 0 Å². The van der Waals surface area contributed by atoms with E-state index in [9.17, 15) is 0 Å². The van der Waals surface area contributed by atoms with E-state index in [2.05, 4.69) is 6.22 Å². The molecule has 0 aliphatic carbocycles. The standard InChI is InChI=1S/C7H6B2/c1-2-4-6-9-7-8-5-3-1/h1-6H/b2-1-,5-3-,6-4-. The first-order valence-electron chi connectivity index (χ1n) is 2.91. The molecule has 0 aromatic heterocycles. The molecule has 0 N–H and O–H groups in total. The Morgan fingerprint density at radius 2 is 1.33 bits per heavy atom. The second-order valence-electron chi connectivity index (χ2n) is 1.65. The second-order valence-corrected chi connectivity index (χ2v) is 1.65. The van der Waals surface area contributed by atoms with Crippen LogP contribution in [0, 0.1) is 6.22 Å². The Labute approximate surface area is 57.8 Å². The maximum absolute atomic E-state index is 2.96. The molecule has 1 heterocycles. The Balaban J connectivity index is 2.45. The molecule has 0 nitrogen and oxygen atoms in total. The molecule has 0 atom stereocenters. The van der Waals surface area contributed by atoms with E-state index in [1.54, 1.807) is 0 Å². The van der Waals surface area contributed by atoms with Gasteiger partial charge in [-0.05, 0) is 0 Å². The summed E-state index contributed by atoms with van der Waals surface area (Å²) in [4.78, 5) is 0. The van der Waals surface area contributed by atoms with Crippen LogP contribution in [0.5, 0.6) is 0 Å². The average molecular weight is 112 g/mol. The van der Waals surface area contributed by atoms with Gasteiger partial charge in [0.2, 0.25) is 0 Å². The first kappa shape index (κ1) is 6.47. The summed E-state index contributed by atoms with van der Waals surface area (Å²) in [6, 6.07) is 0. The predicted molar refractivity (Wildman–Crippen MR) is 42.2 cm³/mol. The minimum absolute atomic E-state index is 1.88. The third-order valence-electron chi connectivity index (χ3n) is 0.940. The fraction of sp³-hybridized carbons (Fsp3) is 0. The number of hydrogen-bond donors (Lipinski definition) is 0. The lowest BCUT2D eigenvalue weighted by Gasteiger charge is -1.80. The Hall–Kier alpha value is -0.650. The summed E-state index contributed by atoms with van der Waals surface area (Å²) < 4.78 is 0. The molecule has 0 unspecified atom stereocenters. The quantitative estimate of drug-likeness (QED) is 0.409. The first-order chi connectivity index (χ1) is 4.50. The van der Waals surface area contributed by atoms with Crippen molar-refractivity contribution in [3.05, 3.63) is 42.5 Å². The highest BCUT2D eigenvalue weighted by atomic mass is 13.6. The monoisotopic (exact) mass is 112 g/mol. The summed E-state index contributed by atoms with van der Waals surface area (Å²) in [5.74, 6) is 3.89. The Kier molecular flexibility index (Phi) is 3.06. The molecule has 4 radical (unpaired) electrons. The highest BCUT2D eigenvalue weighted by Gasteiger charge is 1.84. The van der Waals surface area contributed by atoms with Gasteiger partial charge in [-0.1, -0.05) is 30.5 Å². The van der Waals surface area contributed by atoms with E-state index in [-0.39, 0.29) is 0 Å². The molecule has 0 bridgehead atoms. The van der Waals surface area contributed by atoms with E-state index in [0.29, 0.717) is 0 Å². The van der Waals surface area contributed by atoms with E-state index in [1.807, 2.05) is 50.8 Å². The van der Waals surface area contributed by atoms with Gasteiger partial charge in [0.15, 0.2) is 0 Å². The molecule has 40 valence electrons. The van der Waals surface area contributed by atoms with Gasteiger partial charge in [0.05, 0.1) is 0 Å². The van der Waals surface area contributed by atoms with Crippen LogP contribution in [0.25, 0.3) is 0 Å². The number of rotatable bonds is 0. The lowest BCUT2D eigenvalue weighted by Crippen LogP contribution is -1.93. The van der Waals surface area contributed by atoms with Crippen LogP contribution in [0.1, 0.15) is 0 Å². The van der Waals surface area contributed by atoms with Gasteiger partial charge in [-0.2, -0.15) is 0 Å². The smallest absolute Gasteiger partial charge is 0.123 e. The van der Waals surface area contributed by atoms with Crippen LogP contribution < -0.4 is 0 Å². The summed E-state index contributed by atoms with van der Waals surface area (Å²) >= 11 is 0. The first-order valence-corrected chi connectivity index (χ1v) is 2.91. The second kappa shape index (κ2) is 4.25. The summed E-state index contributed by atoms with van der Waals surface area (Å²) in [5.41, 5.74) is 0. The zero-order valence-electron chi connectivity index (χ0n) is 5.12. The molecule has 0 aromatic carbocycles. The van der Waals surface area contributed by atoms with Gasteiger partial charge in [-0.15, -0.1) is 12.0 Å². The lowest BCUT2D eigenvalue weighted by atomic mass is 9.55. The minimum atomic E-state index is 1.88. The summed E-state index contributed by atoms with van der Waals surface area (Å²) in [5, 5.41) is 0. The van der Waals surface area contributed by atoms with Crippen LogP contribution in [0.15, 0.2) is 36.3 Å². The highest BCUT2D eigenvalue weighted by Crippen LogP contribution is 1.84. The number of allylic oxidation sites excluding steroid dienone is 4. The van der Waals surface area contributed by atoms with Crippen LogP contribution in [0.3, 0.4) is 0 Å². The lowest BCUT2D eigenvalue weighted by molar-refractivity contribution is 1.95. The van der Waals surface area contributed by atoms with Crippen molar-refractivity contribution in [2.45, 2.75) is 0 Å². The van der Waals surface area contributed by atoms with Gasteiger partial charge in [-0.3, -0.25) is 0 Å². The van der Waals surface area contributed by atoms with Crippen LogP contribution >= 0.6 is 0 Å². The molecule has 0 amide bonds. The normalized spacial score (nSPS) is 27.6. The van der Waals surface area contributed by atoms with Crippen molar-refractivity contribution in [1.29, 1.82) is 0 Å². The van der Waals surface area contributed by atoms with Crippen LogP contribution in [0.2, 0.25) is 0 Å². The van der Waals surface area contributed by atoms with E-state index >= 15 is 0 Å². The molecule has 1 aliphatic rings. The fourth-order valence-electron chi connectivity index (χ4n) is 0.534. The zero-order valence-corrected chi connectivity index (χ0v) is 5.12. The van der Waals surface area contributed by atoms with Crippen molar-refractivity contribution >= 4 is 14.6 Å². The minimum Gasteiger partial charge on any atom is -0.123 e. The fourth-order valence-corrected chi connectivity index (χ4v) is 0.534. The molecule has 0 aromatic rings. The molecule has 0 fully saturated rings. The molecule has 0 saturated carbocycles. The molecular weight excluding hydrogens is 106 g/mol. The molecule has 1 aliphatic heterocycles. The summed E-state index contributed by atoms with van der Waals surface area (Å²) in [7, 11) is 3.75. The summed E-state index contributed by atoms with van der Waals surface area (Å²) in [6.07, 6.45) is 10.9. The van der Waals surface area contributed by atoms with Crippen LogP contribution in [0.4, 0.5) is 0 Å². The third-order valence-corrected chi connectivity index (χ3v) is 0.940. The van der Waals surface area contributed by atoms with Gasteiger partial charge < -0.3 is 0 Å². The van der Waals surface area contributed by atoms with Crippen LogP contribution in [-0.2, 0) is 0 Å². The predicted octanol–water partition coefficient (Wildman–Crippen LogP) is 0.988. The van der Waals surface area contributed by atoms with E-state index in [1.165, 1.54) is 0 Å². The van der Waals surface area contributed by atoms with Gasteiger partial charge >= 0.3 is 0 Å². The third kappa shape index (κ3) is 3.02. The molecule has 0 spiro atoms.